The minimum Gasteiger partial charge on any atom is -0.467 e. The van der Waals surface area contributed by atoms with Crippen molar-refractivity contribution in [3.05, 3.63) is 22.4 Å². The third kappa shape index (κ3) is 3.53. The predicted molar refractivity (Wildman–Crippen MR) is 78.2 cm³/mol. The number of esters is 1. The lowest BCUT2D eigenvalue weighted by Crippen LogP contribution is -2.44. The van der Waals surface area contributed by atoms with E-state index in [1.807, 2.05) is 24.4 Å². The van der Waals surface area contributed by atoms with Crippen molar-refractivity contribution >= 4 is 23.3 Å². The lowest BCUT2D eigenvalue weighted by Gasteiger charge is -2.20. The van der Waals surface area contributed by atoms with E-state index in [-0.39, 0.29) is 31.5 Å². The van der Waals surface area contributed by atoms with E-state index in [0.717, 1.165) is 7.11 Å². The van der Waals surface area contributed by atoms with E-state index in [1.165, 1.54) is 9.78 Å². The Morgan fingerprint density at radius 2 is 2.38 bits per heavy atom. The van der Waals surface area contributed by atoms with Crippen molar-refractivity contribution in [1.82, 2.24) is 10.2 Å². The van der Waals surface area contributed by atoms with Crippen LogP contribution in [0.4, 0.5) is 9.18 Å². The molecule has 7 heteroatoms. The first-order chi connectivity index (χ1) is 9.96. The van der Waals surface area contributed by atoms with Gasteiger partial charge in [0.2, 0.25) is 5.67 Å². The number of carbonyl (C=O) groups excluding carboxylic acids is 2. The van der Waals surface area contributed by atoms with Crippen LogP contribution >= 0.6 is 11.3 Å². The highest BCUT2D eigenvalue weighted by Gasteiger charge is 2.47. The number of hydrogen-bond acceptors (Lipinski definition) is 4. The van der Waals surface area contributed by atoms with Gasteiger partial charge in [0.1, 0.15) is 0 Å². The molecule has 1 saturated heterocycles. The zero-order valence-electron chi connectivity index (χ0n) is 12.1. The van der Waals surface area contributed by atoms with E-state index in [0.29, 0.717) is 6.54 Å². The second-order valence-corrected chi connectivity index (χ2v) is 6.21. The Kier molecular flexibility index (Phi) is 4.82. The molecule has 2 unspecified atom stereocenters. The van der Waals surface area contributed by atoms with Crippen LogP contribution in [0.15, 0.2) is 17.5 Å². The highest BCUT2D eigenvalue weighted by Crippen LogP contribution is 2.27. The average molecular weight is 314 g/mol. The number of nitrogens with one attached hydrogen (secondary N) is 1. The smallest absolute Gasteiger partial charge is 0.345 e. The highest BCUT2D eigenvalue weighted by atomic mass is 32.1. The van der Waals surface area contributed by atoms with E-state index in [2.05, 4.69) is 10.1 Å². The normalized spacial score (nSPS) is 22.9. The Morgan fingerprint density at radius 3 is 3.00 bits per heavy atom. The summed E-state index contributed by atoms with van der Waals surface area (Å²) in [6, 6.07) is 3.63. The molecule has 0 bridgehead atoms. The molecule has 1 N–H and O–H groups in total. The second kappa shape index (κ2) is 6.43. The molecular weight excluding hydrogens is 295 g/mol. The summed E-state index contributed by atoms with van der Waals surface area (Å²) >= 11 is 1.64. The van der Waals surface area contributed by atoms with Gasteiger partial charge >= 0.3 is 12.0 Å². The fourth-order valence-electron chi connectivity index (χ4n) is 2.32. The number of hydrogen-bond donors (Lipinski definition) is 1. The molecule has 0 saturated carbocycles. The minimum absolute atomic E-state index is 0.0203. The Hall–Kier alpha value is -1.63. The maximum absolute atomic E-state index is 14.2. The topological polar surface area (TPSA) is 58.6 Å². The van der Waals surface area contributed by atoms with Gasteiger partial charge in [-0.1, -0.05) is 13.0 Å². The van der Waals surface area contributed by atoms with Crippen LogP contribution in [0, 0.1) is 0 Å². The van der Waals surface area contributed by atoms with E-state index >= 15 is 0 Å². The summed E-state index contributed by atoms with van der Waals surface area (Å²) in [6.45, 7) is 2.46. The van der Waals surface area contributed by atoms with Gasteiger partial charge in [-0.3, -0.25) is 0 Å². The number of alkyl halides is 1. The van der Waals surface area contributed by atoms with Crippen LogP contribution in [0.2, 0.25) is 0 Å². The average Bonchev–Trinajstić information content (AvgIpc) is 3.13. The first kappa shape index (κ1) is 15.8. The summed E-state index contributed by atoms with van der Waals surface area (Å²) in [4.78, 5) is 25.9. The highest BCUT2D eigenvalue weighted by molar-refractivity contribution is 7.10. The van der Waals surface area contributed by atoms with Crippen LogP contribution in [-0.2, 0) is 9.53 Å². The number of methoxy groups -OCH3 is 1. The standard InChI is InChI=1S/C14H19FN2O3S/c1-10(11-4-3-7-21-11)8-16-13(19)17-6-5-14(15,9-17)12(18)20-2/h3-4,7,10H,5-6,8-9H2,1-2H3,(H,16,19). The molecule has 0 aliphatic carbocycles. The number of ether oxygens (including phenoxy) is 1. The third-order valence-electron chi connectivity index (χ3n) is 3.65. The number of halogens is 1. The first-order valence-corrected chi connectivity index (χ1v) is 7.68. The van der Waals surface area contributed by atoms with Gasteiger partial charge in [0, 0.05) is 30.3 Å². The Balaban J connectivity index is 1.84. The maximum Gasteiger partial charge on any atom is 0.345 e. The summed E-state index contributed by atoms with van der Waals surface area (Å²) < 4.78 is 18.7. The summed E-state index contributed by atoms with van der Waals surface area (Å²) in [5.74, 6) is -0.711. The molecule has 2 heterocycles. The van der Waals surface area contributed by atoms with Crippen molar-refractivity contribution in [2.45, 2.75) is 24.9 Å². The molecule has 1 aliphatic heterocycles. The van der Waals surface area contributed by atoms with Crippen LogP contribution < -0.4 is 5.32 Å². The van der Waals surface area contributed by atoms with Crippen molar-refractivity contribution in [3.8, 4) is 0 Å². The molecule has 116 valence electrons. The summed E-state index contributed by atoms with van der Waals surface area (Å²) in [7, 11) is 1.15. The number of carbonyl (C=O) groups is 2. The summed E-state index contributed by atoms with van der Waals surface area (Å²) in [5, 5.41) is 4.77. The number of thiophene rings is 1. The van der Waals surface area contributed by atoms with Crippen LogP contribution in [0.25, 0.3) is 0 Å². The fraction of sp³-hybridized carbons (Fsp3) is 0.571. The van der Waals surface area contributed by atoms with Crippen LogP contribution in [-0.4, -0.2) is 49.3 Å². The second-order valence-electron chi connectivity index (χ2n) is 5.23. The number of amides is 2. The molecule has 0 spiro atoms. The van der Waals surface area contributed by atoms with Crippen molar-refractivity contribution in [3.63, 3.8) is 0 Å². The van der Waals surface area contributed by atoms with Crippen molar-refractivity contribution < 1.29 is 18.7 Å². The molecule has 2 amide bonds. The van der Waals surface area contributed by atoms with Crippen LogP contribution in [0.5, 0.6) is 0 Å². The minimum atomic E-state index is -2.08. The first-order valence-electron chi connectivity index (χ1n) is 6.80. The number of likely N-dealkylation sites (tertiary alicyclic amines) is 1. The van der Waals surface area contributed by atoms with Gasteiger partial charge < -0.3 is 15.0 Å². The number of nitrogens with zero attached hydrogens (tertiary/aromatic N) is 1. The lowest BCUT2D eigenvalue weighted by molar-refractivity contribution is -0.153. The molecule has 1 aromatic heterocycles. The maximum atomic E-state index is 14.2. The molecule has 0 radical (unpaired) electrons. The van der Waals surface area contributed by atoms with Gasteiger partial charge in [-0.25, -0.2) is 14.0 Å². The van der Waals surface area contributed by atoms with E-state index < -0.39 is 11.6 Å². The summed E-state index contributed by atoms with van der Waals surface area (Å²) in [5.41, 5.74) is -2.08. The quantitative estimate of drug-likeness (QED) is 0.866. The Labute approximate surface area is 127 Å². The lowest BCUT2D eigenvalue weighted by atomic mass is 10.1. The van der Waals surface area contributed by atoms with E-state index in [1.54, 1.807) is 11.3 Å². The van der Waals surface area contributed by atoms with Crippen molar-refractivity contribution in [1.29, 1.82) is 0 Å². The zero-order valence-corrected chi connectivity index (χ0v) is 12.9. The fourth-order valence-corrected chi connectivity index (χ4v) is 3.11. The monoisotopic (exact) mass is 314 g/mol. The van der Waals surface area contributed by atoms with Crippen molar-refractivity contribution in [2.75, 3.05) is 26.7 Å². The van der Waals surface area contributed by atoms with Crippen LogP contribution in [0.3, 0.4) is 0 Å². The molecule has 1 fully saturated rings. The Bertz CT molecular complexity index is 508. The summed E-state index contributed by atoms with van der Waals surface area (Å²) in [6.07, 6.45) is -0.0203. The van der Waals surface area contributed by atoms with E-state index in [9.17, 15) is 14.0 Å². The molecule has 1 aliphatic rings. The van der Waals surface area contributed by atoms with Gasteiger partial charge in [0.05, 0.1) is 13.7 Å². The SMILES string of the molecule is COC(=O)C1(F)CCN(C(=O)NCC(C)c2cccs2)C1. The molecule has 2 rings (SSSR count). The largest absolute Gasteiger partial charge is 0.467 e. The molecule has 21 heavy (non-hydrogen) atoms. The number of urea groups is 1. The molecule has 1 aromatic rings. The third-order valence-corrected chi connectivity index (χ3v) is 4.75. The predicted octanol–water partition coefficient (Wildman–Crippen LogP) is 2.15. The Morgan fingerprint density at radius 1 is 1.62 bits per heavy atom. The molecular formula is C14H19FN2O3S. The zero-order chi connectivity index (χ0) is 15.5. The van der Waals surface area contributed by atoms with Gasteiger partial charge in [-0.15, -0.1) is 11.3 Å². The molecule has 2 atom stereocenters. The molecule has 5 nitrogen and oxygen atoms in total. The van der Waals surface area contributed by atoms with Crippen LogP contribution in [0.1, 0.15) is 24.1 Å². The number of rotatable bonds is 4. The molecule has 0 aromatic carbocycles. The van der Waals surface area contributed by atoms with Gasteiger partial charge in [-0.2, -0.15) is 0 Å². The van der Waals surface area contributed by atoms with E-state index in [4.69, 9.17) is 0 Å². The van der Waals surface area contributed by atoms with Gasteiger partial charge in [0.25, 0.3) is 0 Å². The van der Waals surface area contributed by atoms with Gasteiger partial charge in [0.15, 0.2) is 0 Å². The van der Waals surface area contributed by atoms with Crippen molar-refractivity contribution in [2.24, 2.45) is 0 Å². The van der Waals surface area contributed by atoms with Gasteiger partial charge in [-0.05, 0) is 11.4 Å².